The molecule has 1 aliphatic heterocycles. The molecule has 0 saturated carbocycles. The van der Waals surface area contributed by atoms with Gasteiger partial charge in [0.05, 0.1) is 25.0 Å². The first kappa shape index (κ1) is 22.1. The zero-order valence-corrected chi connectivity index (χ0v) is 19.4. The number of rotatable bonds is 7. The normalized spacial score (nSPS) is 15.2. The molecule has 1 amide bonds. The van der Waals surface area contributed by atoms with Crippen molar-refractivity contribution in [3.63, 3.8) is 0 Å². The molecule has 0 bridgehead atoms. The van der Waals surface area contributed by atoms with Crippen LogP contribution in [-0.2, 0) is 0 Å². The van der Waals surface area contributed by atoms with Gasteiger partial charge in [-0.25, -0.2) is 9.50 Å². The summed E-state index contributed by atoms with van der Waals surface area (Å²) in [6.07, 6.45) is 6.95. The second-order valence-electron chi connectivity index (χ2n) is 8.59. The van der Waals surface area contributed by atoms with Crippen LogP contribution in [-0.4, -0.2) is 52.1 Å². The van der Waals surface area contributed by atoms with E-state index in [-0.39, 0.29) is 11.9 Å². The smallest absolute Gasteiger partial charge is 0.256 e. The summed E-state index contributed by atoms with van der Waals surface area (Å²) < 4.78 is 7.06. The Balaban J connectivity index is 1.38. The Morgan fingerprint density at radius 1 is 1.03 bits per heavy atom. The number of carbonyl (C=O) groups is 1. The molecule has 7 nitrogen and oxygen atoms in total. The van der Waals surface area contributed by atoms with Gasteiger partial charge in [-0.3, -0.25) is 9.69 Å². The minimum absolute atomic E-state index is 0.102. The number of likely N-dealkylation sites (tertiary alicyclic amines) is 1. The molecule has 5 rings (SSSR count). The summed E-state index contributed by atoms with van der Waals surface area (Å²) in [5.41, 5.74) is 4.12. The topological polar surface area (TPSA) is 71.8 Å². The van der Waals surface area contributed by atoms with Crippen molar-refractivity contribution in [1.29, 1.82) is 0 Å². The molecule has 3 heterocycles. The first-order chi connectivity index (χ1) is 16.7. The van der Waals surface area contributed by atoms with Crippen molar-refractivity contribution in [2.75, 3.05) is 26.7 Å². The molecule has 0 aliphatic carbocycles. The number of methoxy groups -OCH3 is 1. The Kier molecular flexibility index (Phi) is 6.53. The Hall–Kier alpha value is -3.71. The average molecular weight is 456 g/mol. The molecule has 1 saturated heterocycles. The van der Waals surface area contributed by atoms with Gasteiger partial charge >= 0.3 is 0 Å². The van der Waals surface area contributed by atoms with Gasteiger partial charge in [0.1, 0.15) is 11.3 Å². The van der Waals surface area contributed by atoms with Gasteiger partial charge < -0.3 is 10.1 Å². The molecular weight excluding hydrogens is 426 g/mol. The second-order valence-corrected chi connectivity index (χ2v) is 8.59. The summed E-state index contributed by atoms with van der Waals surface area (Å²) in [6, 6.07) is 20.1. The van der Waals surface area contributed by atoms with E-state index in [0.29, 0.717) is 17.8 Å². The third-order valence-electron chi connectivity index (χ3n) is 6.50. The van der Waals surface area contributed by atoms with Gasteiger partial charge in [-0.1, -0.05) is 48.9 Å². The summed E-state index contributed by atoms with van der Waals surface area (Å²) in [6.45, 7) is 2.58. The van der Waals surface area contributed by atoms with Gasteiger partial charge in [0.2, 0.25) is 0 Å². The number of piperidine rings is 1. The number of benzene rings is 2. The first-order valence-electron chi connectivity index (χ1n) is 11.8. The number of nitrogens with one attached hydrogen (secondary N) is 1. The molecule has 0 spiro atoms. The number of fused-ring (bicyclic) bond motifs is 1. The molecule has 4 aromatic rings. The number of nitrogens with zero attached hydrogens (tertiary/aromatic N) is 4. The van der Waals surface area contributed by atoms with Gasteiger partial charge in [-0.2, -0.15) is 5.10 Å². The van der Waals surface area contributed by atoms with E-state index in [4.69, 9.17) is 4.74 Å². The van der Waals surface area contributed by atoms with E-state index in [2.05, 4.69) is 32.4 Å². The lowest BCUT2D eigenvalue weighted by Crippen LogP contribution is -2.40. The summed E-state index contributed by atoms with van der Waals surface area (Å²) in [7, 11) is 1.67. The minimum atomic E-state index is -0.164. The molecule has 1 N–H and O–H groups in total. The van der Waals surface area contributed by atoms with E-state index >= 15 is 0 Å². The van der Waals surface area contributed by atoms with Crippen LogP contribution < -0.4 is 10.1 Å². The SMILES string of the molecule is COc1ccc(C(CNC(=O)c2cnn3c(-c4ccccc4)ccnc23)N2CCCCC2)cc1. The number of ether oxygens (including phenoxy) is 1. The van der Waals surface area contributed by atoms with Crippen molar-refractivity contribution in [2.45, 2.75) is 25.3 Å². The number of hydrogen-bond acceptors (Lipinski definition) is 5. The predicted molar refractivity (Wildman–Crippen MR) is 132 cm³/mol. The molecule has 2 aromatic carbocycles. The summed E-state index contributed by atoms with van der Waals surface area (Å²) in [5.74, 6) is 0.667. The molecule has 1 atom stereocenters. The van der Waals surface area contributed by atoms with Crippen LogP contribution in [0.25, 0.3) is 16.9 Å². The van der Waals surface area contributed by atoms with Gasteiger partial charge in [-0.05, 0) is 49.7 Å². The van der Waals surface area contributed by atoms with Gasteiger partial charge in [-0.15, -0.1) is 0 Å². The summed E-state index contributed by atoms with van der Waals surface area (Å²) >= 11 is 0. The minimum Gasteiger partial charge on any atom is -0.497 e. The second kappa shape index (κ2) is 10.1. The molecule has 7 heteroatoms. The monoisotopic (exact) mass is 455 g/mol. The lowest BCUT2D eigenvalue weighted by Gasteiger charge is -2.35. The third kappa shape index (κ3) is 4.52. The van der Waals surface area contributed by atoms with Crippen LogP contribution in [0.2, 0.25) is 0 Å². The quantitative estimate of drug-likeness (QED) is 0.448. The van der Waals surface area contributed by atoms with Gasteiger partial charge in [0.25, 0.3) is 5.91 Å². The highest BCUT2D eigenvalue weighted by Crippen LogP contribution is 2.26. The van der Waals surface area contributed by atoms with Gasteiger partial charge in [0.15, 0.2) is 5.65 Å². The highest BCUT2D eigenvalue weighted by molar-refractivity contribution is 5.99. The zero-order chi connectivity index (χ0) is 23.3. The van der Waals surface area contributed by atoms with Crippen molar-refractivity contribution in [1.82, 2.24) is 24.8 Å². The Labute approximate surface area is 199 Å². The van der Waals surface area contributed by atoms with E-state index in [1.54, 1.807) is 24.0 Å². The maximum absolute atomic E-state index is 13.2. The van der Waals surface area contributed by atoms with Crippen molar-refractivity contribution >= 4 is 11.6 Å². The Bertz CT molecular complexity index is 1250. The lowest BCUT2D eigenvalue weighted by atomic mass is 10.0. The Morgan fingerprint density at radius 2 is 1.79 bits per heavy atom. The standard InChI is InChI=1S/C27H29N5O2/c1-34-22-12-10-21(11-13-22)25(31-16-6-3-7-17-31)19-29-27(33)23-18-30-32-24(14-15-28-26(23)32)20-8-4-2-5-9-20/h2,4-5,8-15,18,25H,3,6-7,16-17,19H2,1H3,(H,29,33). The Morgan fingerprint density at radius 3 is 2.53 bits per heavy atom. The van der Waals surface area contributed by atoms with Crippen LogP contribution >= 0.6 is 0 Å². The fourth-order valence-electron chi connectivity index (χ4n) is 4.68. The van der Waals surface area contributed by atoms with E-state index in [1.807, 2.05) is 48.5 Å². The number of aromatic nitrogens is 3. The van der Waals surface area contributed by atoms with E-state index < -0.39 is 0 Å². The van der Waals surface area contributed by atoms with Crippen LogP contribution in [0.3, 0.4) is 0 Å². The van der Waals surface area contributed by atoms with Crippen molar-refractivity contribution < 1.29 is 9.53 Å². The number of carbonyl (C=O) groups excluding carboxylic acids is 1. The van der Waals surface area contributed by atoms with Crippen molar-refractivity contribution in [3.8, 4) is 17.0 Å². The molecule has 34 heavy (non-hydrogen) atoms. The lowest BCUT2D eigenvalue weighted by molar-refractivity contribution is 0.0926. The zero-order valence-electron chi connectivity index (χ0n) is 19.4. The molecule has 174 valence electrons. The predicted octanol–water partition coefficient (Wildman–Crippen LogP) is 4.36. The van der Waals surface area contributed by atoms with E-state index in [9.17, 15) is 4.79 Å². The molecule has 0 radical (unpaired) electrons. The fourth-order valence-corrected chi connectivity index (χ4v) is 4.68. The number of hydrogen-bond donors (Lipinski definition) is 1. The molecule has 1 unspecified atom stereocenters. The van der Waals surface area contributed by atoms with Crippen LogP contribution in [0.5, 0.6) is 5.75 Å². The molecule has 1 fully saturated rings. The van der Waals surface area contributed by atoms with E-state index in [1.165, 1.54) is 24.8 Å². The van der Waals surface area contributed by atoms with Crippen LogP contribution in [0.1, 0.15) is 41.2 Å². The van der Waals surface area contributed by atoms with Crippen molar-refractivity contribution in [2.24, 2.45) is 0 Å². The number of amides is 1. The molecule has 2 aromatic heterocycles. The van der Waals surface area contributed by atoms with Crippen molar-refractivity contribution in [3.05, 3.63) is 84.2 Å². The first-order valence-corrected chi connectivity index (χ1v) is 11.8. The van der Waals surface area contributed by atoms with Crippen LogP contribution in [0.4, 0.5) is 0 Å². The summed E-state index contributed by atoms with van der Waals surface area (Å²) in [4.78, 5) is 20.2. The van der Waals surface area contributed by atoms with Gasteiger partial charge in [0, 0.05) is 18.3 Å². The maximum atomic E-state index is 13.2. The maximum Gasteiger partial charge on any atom is 0.256 e. The molecule has 1 aliphatic rings. The van der Waals surface area contributed by atoms with E-state index in [0.717, 1.165) is 30.1 Å². The van der Waals surface area contributed by atoms with Crippen LogP contribution in [0.15, 0.2) is 73.1 Å². The average Bonchev–Trinajstić information content (AvgIpc) is 3.35. The molecular formula is C27H29N5O2. The summed E-state index contributed by atoms with van der Waals surface area (Å²) in [5, 5.41) is 7.64. The highest BCUT2D eigenvalue weighted by atomic mass is 16.5. The largest absolute Gasteiger partial charge is 0.497 e. The highest BCUT2D eigenvalue weighted by Gasteiger charge is 2.24. The fraction of sp³-hybridized carbons (Fsp3) is 0.296. The third-order valence-corrected chi connectivity index (χ3v) is 6.50. The van der Waals surface area contributed by atoms with Crippen LogP contribution in [0, 0.1) is 0 Å².